The Kier molecular flexibility index (Phi) is 5.85. The molecule has 0 atom stereocenters. The van der Waals surface area contributed by atoms with Gasteiger partial charge in [-0.1, -0.05) is 12.1 Å². The highest BCUT2D eigenvalue weighted by Gasteiger charge is 2.24. The van der Waals surface area contributed by atoms with Gasteiger partial charge in [0, 0.05) is 6.08 Å². The molecule has 1 saturated heterocycles. The van der Waals surface area contributed by atoms with Gasteiger partial charge in [0.2, 0.25) is 0 Å². The SMILES string of the molecule is COC(=O)/C=C1/S/C(=N\N=Cc2ccc(C(=O)OC)cc2)NC1=O. The highest BCUT2D eigenvalue weighted by Crippen LogP contribution is 2.23. The Bertz CT molecular complexity index is 753. The summed E-state index contributed by atoms with van der Waals surface area (Å²) in [5, 5.41) is 10.4. The van der Waals surface area contributed by atoms with Crippen LogP contribution in [0.1, 0.15) is 15.9 Å². The minimum absolute atomic E-state index is 0.179. The molecule has 24 heavy (non-hydrogen) atoms. The second-order valence-corrected chi connectivity index (χ2v) is 5.38. The Hall–Kier alpha value is -2.94. The maximum atomic E-state index is 11.6. The summed E-state index contributed by atoms with van der Waals surface area (Å²) < 4.78 is 9.06. The molecule has 0 saturated carbocycles. The molecule has 1 fully saturated rings. The van der Waals surface area contributed by atoms with Gasteiger partial charge >= 0.3 is 11.9 Å². The molecule has 0 spiro atoms. The average Bonchev–Trinajstić information content (AvgIpc) is 2.94. The zero-order valence-electron chi connectivity index (χ0n) is 12.8. The molecule has 0 radical (unpaired) electrons. The lowest BCUT2D eigenvalue weighted by Crippen LogP contribution is -2.19. The first-order chi connectivity index (χ1) is 11.5. The maximum absolute atomic E-state index is 11.6. The van der Waals surface area contributed by atoms with Crippen LogP contribution in [0, 0.1) is 0 Å². The molecule has 124 valence electrons. The monoisotopic (exact) mass is 347 g/mol. The van der Waals surface area contributed by atoms with Crippen molar-refractivity contribution in [1.82, 2.24) is 5.32 Å². The second kappa shape index (κ2) is 8.06. The predicted octanol–water partition coefficient (Wildman–Crippen LogP) is 1.08. The number of esters is 2. The maximum Gasteiger partial charge on any atom is 0.337 e. The van der Waals surface area contributed by atoms with E-state index in [0.717, 1.165) is 17.8 Å². The Labute approximate surface area is 141 Å². The number of nitrogens with zero attached hydrogens (tertiary/aromatic N) is 2. The molecule has 1 amide bonds. The van der Waals surface area contributed by atoms with Gasteiger partial charge in [-0.15, -0.1) is 5.10 Å². The van der Waals surface area contributed by atoms with E-state index >= 15 is 0 Å². The zero-order chi connectivity index (χ0) is 17.5. The lowest BCUT2D eigenvalue weighted by atomic mass is 10.1. The molecule has 1 aliphatic heterocycles. The van der Waals surface area contributed by atoms with Gasteiger partial charge in [-0.3, -0.25) is 10.1 Å². The van der Waals surface area contributed by atoms with E-state index in [0.29, 0.717) is 11.1 Å². The number of rotatable bonds is 4. The second-order valence-electron chi connectivity index (χ2n) is 4.35. The van der Waals surface area contributed by atoms with E-state index in [4.69, 9.17) is 0 Å². The first-order valence-corrected chi connectivity index (χ1v) is 7.43. The number of amidine groups is 1. The van der Waals surface area contributed by atoms with Crippen LogP contribution in [-0.4, -0.2) is 43.4 Å². The van der Waals surface area contributed by atoms with Crippen molar-refractivity contribution in [2.45, 2.75) is 0 Å². The lowest BCUT2D eigenvalue weighted by molar-refractivity contribution is -0.135. The summed E-state index contributed by atoms with van der Waals surface area (Å²) in [6.07, 6.45) is 2.54. The fraction of sp³-hybridized carbons (Fsp3) is 0.133. The number of benzene rings is 1. The summed E-state index contributed by atoms with van der Waals surface area (Å²) in [6.45, 7) is 0. The van der Waals surface area contributed by atoms with E-state index in [-0.39, 0.29) is 10.1 Å². The van der Waals surface area contributed by atoms with Gasteiger partial charge in [0.15, 0.2) is 5.17 Å². The number of amides is 1. The number of hydrogen-bond donors (Lipinski definition) is 1. The van der Waals surface area contributed by atoms with Crippen molar-refractivity contribution >= 4 is 41.0 Å². The number of ether oxygens (including phenoxy) is 2. The molecule has 2 rings (SSSR count). The summed E-state index contributed by atoms with van der Waals surface area (Å²) in [5.74, 6) is -1.49. The molecular weight excluding hydrogens is 334 g/mol. The molecule has 1 N–H and O–H groups in total. The normalized spacial score (nSPS) is 17.3. The van der Waals surface area contributed by atoms with Crippen molar-refractivity contribution in [2.75, 3.05) is 14.2 Å². The quantitative estimate of drug-likeness (QED) is 0.378. The fourth-order valence-electron chi connectivity index (χ4n) is 1.61. The highest BCUT2D eigenvalue weighted by molar-refractivity contribution is 8.18. The molecule has 1 heterocycles. The molecule has 1 aromatic carbocycles. The third-order valence-corrected chi connectivity index (χ3v) is 3.69. The Morgan fingerprint density at radius 1 is 1.17 bits per heavy atom. The number of thioether (sulfide) groups is 1. The third-order valence-electron chi connectivity index (χ3n) is 2.79. The minimum atomic E-state index is -0.622. The van der Waals surface area contributed by atoms with Crippen LogP contribution in [0.2, 0.25) is 0 Å². The van der Waals surface area contributed by atoms with Crippen LogP contribution in [0.4, 0.5) is 0 Å². The van der Waals surface area contributed by atoms with Crippen molar-refractivity contribution in [3.8, 4) is 0 Å². The summed E-state index contributed by atoms with van der Waals surface area (Å²) in [7, 11) is 2.53. The number of carbonyl (C=O) groups excluding carboxylic acids is 3. The van der Waals surface area contributed by atoms with Crippen LogP contribution < -0.4 is 5.32 Å². The Balaban J connectivity index is 2.02. The number of nitrogens with one attached hydrogen (secondary N) is 1. The van der Waals surface area contributed by atoms with Crippen molar-refractivity contribution in [3.63, 3.8) is 0 Å². The molecule has 0 aliphatic carbocycles. The Morgan fingerprint density at radius 2 is 1.88 bits per heavy atom. The first kappa shape index (κ1) is 17.4. The summed E-state index contributed by atoms with van der Waals surface area (Å²) in [4.78, 5) is 34.2. The van der Waals surface area contributed by atoms with Crippen molar-refractivity contribution < 1.29 is 23.9 Å². The standard InChI is InChI=1S/C15H13N3O5S/c1-22-12(19)7-11-13(20)17-15(24-11)18-16-8-9-3-5-10(6-4-9)14(21)23-2/h3-8H,1-2H3,(H,17,18,20)/b11-7+,16-8?. The van der Waals surface area contributed by atoms with E-state index in [1.807, 2.05) is 0 Å². The fourth-order valence-corrected chi connectivity index (χ4v) is 2.35. The molecule has 8 nitrogen and oxygen atoms in total. The molecule has 0 aromatic heterocycles. The summed E-state index contributed by atoms with van der Waals surface area (Å²) in [5.41, 5.74) is 1.14. The number of hydrogen-bond acceptors (Lipinski definition) is 8. The van der Waals surface area contributed by atoms with E-state index in [9.17, 15) is 14.4 Å². The Morgan fingerprint density at radius 3 is 2.50 bits per heavy atom. The minimum Gasteiger partial charge on any atom is -0.466 e. The smallest absolute Gasteiger partial charge is 0.337 e. The van der Waals surface area contributed by atoms with Crippen LogP contribution in [0.5, 0.6) is 0 Å². The third kappa shape index (κ3) is 4.53. The molecule has 9 heteroatoms. The van der Waals surface area contributed by atoms with Gasteiger partial charge in [0.05, 0.1) is 30.9 Å². The van der Waals surface area contributed by atoms with Crippen LogP contribution in [0.25, 0.3) is 0 Å². The van der Waals surface area contributed by atoms with E-state index in [1.165, 1.54) is 20.4 Å². The molecule has 0 unspecified atom stereocenters. The molecular formula is C15H13N3O5S. The summed E-state index contributed by atoms with van der Waals surface area (Å²) in [6, 6.07) is 6.56. The predicted molar refractivity (Wildman–Crippen MR) is 88.6 cm³/mol. The van der Waals surface area contributed by atoms with Crippen LogP contribution in [0.3, 0.4) is 0 Å². The lowest BCUT2D eigenvalue weighted by Gasteiger charge is -1.98. The van der Waals surface area contributed by atoms with Crippen molar-refractivity contribution in [3.05, 3.63) is 46.4 Å². The zero-order valence-corrected chi connectivity index (χ0v) is 13.6. The highest BCUT2D eigenvalue weighted by atomic mass is 32.2. The van der Waals surface area contributed by atoms with Crippen molar-refractivity contribution in [2.24, 2.45) is 10.2 Å². The van der Waals surface area contributed by atoms with Gasteiger partial charge in [-0.2, -0.15) is 5.10 Å². The van der Waals surface area contributed by atoms with Gasteiger partial charge in [-0.05, 0) is 29.5 Å². The van der Waals surface area contributed by atoms with E-state index < -0.39 is 17.8 Å². The molecule has 1 aliphatic rings. The molecule has 1 aromatic rings. The van der Waals surface area contributed by atoms with Gasteiger partial charge < -0.3 is 9.47 Å². The topological polar surface area (TPSA) is 106 Å². The van der Waals surface area contributed by atoms with Gasteiger partial charge in [0.1, 0.15) is 0 Å². The van der Waals surface area contributed by atoms with Crippen molar-refractivity contribution in [1.29, 1.82) is 0 Å². The van der Waals surface area contributed by atoms with Gasteiger partial charge in [0.25, 0.3) is 5.91 Å². The van der Waals surface area contributed by atoms with E-state index in [1.54, 1.807) is 24.3 Å². The largest absolute Gasteiger partial charge is 0.466 e. The average molecular weight is 347 g/mol. The molecule has 0 bridgehead atoms. The first-order valence-electron chi connectivity index (χ1n) is 6.61. The van der Waals surface area contributed by atoms with Crippen LogP contribution in [-0.2, 0) is 19.1 Å². The summed E-state index contributed by atoms with van der Waals surface area (Å²) >= 11 is 0.982. The van der Waals surface area contributed by atoms with E-state index in [2.05, 4.69) is 25.0 Å². The van der Waals surface area contributed by atoms with Crippen LogP contribution >= 0.6 is 11.8 Å². The van der Waals surface area contributed by atoms with Gasteiger partial charge in [-0.25, -0.2) is 9.59 Å². The van der Waals surface area contributed by atoms with Crippen LogP contribution in [0.15, 0.2) is 45.4 Å². The number of methoxy groups -OCH3 is 2. The number of carbonyl (C=O) groups is 3.